The molecule has 0 aliphatic rings. The SMILES string of the molecule is CCCC(CC)NCC(=O)O. The molecule has 66 valence electrons. The van der Waals surface area contributed by atoms with E-state index < -0.39 is 5.97 Å². The zero-order valence-electron chi connectivity index (χ0n) is 7.26. The molecule has 1 unspecified atom stereocenters. The third-order valence-electron chi connectivity index (χ3n) is 1.67. The second-order valence-corrected chi connectivity index (χ2v) is 2.67. The Balaban J connectivity index is 3.43. The highest BCUT2D eigenvalue weighted by molar-refractivity contribution is 5.69. The van der Waals surface area contributed by atoms with Gasteiger partial charge in [-0.25, -0.2) is 0 Å². The van der Waals surface area contributed by atoms with Gasteiger partial charge >= 0.3 is 5.97 Å². The Labute approximate surface area is 67.8 Å². The Kier molecular flexibility index (Phi) is 5.84. The predicted octanol–water partition coefficient (Wildman–Crippen LogP) is 1.24. The third kappa shape index (κ3) is 5.85. The fraction of sp³-hybridized carbons (Fsp3) is 0.875. The molecule has 0 saturated heterocycles. The predicted molar refractivity (Wildman–Crippen MR) is 44.6 cm³/mol. The summed E-state index contributed by atoms with van der Waals surface area (Å²) in [7, 11) is 0. The first-order valence-electron chi connectivity index (χ1n) is 4.15. The quantitative estimate of drug-likeness (QED) is 0.613. The summed E-state index contributed by atoms with van der Waals surface area (Å²) in [6.45, 7) is 4.25. The summed E-state index contributed by atoms with van der Waals surface area (Å²) < 4.78 is 0. The molecule has 0 aromatic heterocycles. The molecular formula is C8H17NO2. The van der Waals surface area contributed by atoms with Gasteiger partial charge in [-0.1, -0.05) is 20.3 Å². The summed E-state index contributed by atoms with van der Waals surface area (Å²) in [4.78, 5) is 10.2. The molecule has 3 nitrogen and oxygen atoms in total. The zero-order chi connectivity index (χ0) is 8.69. The van der Waals surface area contributed by atoms with E-state index in [1.165, 1.54) is 0 Å². The van der Waals surface area contributed by atoms with Crippen LogP contribution in [0.1, 0.15) is 33.1 Å². The Bertz CT molecular complexity index is 115. The van der Waals surface area contributed by atoms with Gasteiger partial charge in [0.15, 0.2) is 0 Å². The lowest BCUT2D eigenvalue weighted by atomic mass is 10.1. The number of rotatable bonds is 6. The minimum absolute atomic E-state index is 0.0819. The van der Waals surface area contributed by atoms with Crippen molar-refractivity contribution in [2.75, 3.05) is 6.54 Å². The van der Waals surface area contributed by atoms with Crippen LogP contribution in [0.25, 0.3) is 0 Å². The van der Waals surface area contributed by atoms with Crippen LogP contribution in [0.15, 0.2) is 0 Å². The first-order valence-corrected chi connectivity index (χ1v) is 4.15. The molecule has 0 aromatic rings. The molecule has 0 rings (SSSR count). The first kappa shape index (κ1) is 10.4. The van der Waals surface area contributed by atoms with Crippen molar-refractivity contribution in [3.05, 3.63) is 0 Å². The largest absolute Gasteiger partial charge is 0.480 e. The summed E-state index contributed by atoms with van der Waals surface area (Å²) in [5.74, 6) is -0.778. The van der Waals surface area contributed by atoms with E-state index in [0.717, 1.165) is 19.3 Å². The molecule has 0 aliphatic carbocycles. The summed E-state index contributed by atoms with van der Waals surface area (Å²) in [6, 6.07) is 0.371. The van der Waals surface area contributed by atoms with E-state index in [9.17, 15) is 4.79 Å². The Morgan fingerprint density at radius 1 is 1.55 bits per heavy atom. The molecule has 0 saturated carbocycles. The maximum atomic E-state index is 10.2. The monoisotopic (exact) mass is 159 g/mol. The standard InChI is InChI=1S/C8H17NO2/c1-3-5-7(4-2)9-6-8(10)11/h7,9H,3-6H2,1-2H3,(H,10,11). The van der Waals surface area contributed by atoms with Crippen LogP contribution in [-0.4, -0.2) is 23.7 Å². The van der Waals surface area contributed by atoms with Crippen LogP contribution in [0, 0.1) is 0 Å². The minimum atomic E-state index is -0.778. The first-order chi connectivity index (χ1) is 5.20. The maximum absolute atomic E-state index is 10.2. The number of aliphatic carboxylic acids is 1. The summed E-state index contributed by atoms with van der Waals surface area (Å²) in [6.07, 6.45) is 3.16. The Morgan fingerprint density at radius 2 is 2.18 bits per heavy atom. The second kappa shape index (κ2) is 6.16. The molecule has 0 radical (unpaired) electrons. The van der Waals surface area contributed by atoms with E-state index in [1.54, 1.807) is 0 Å². The van der Waals surface area contributed by atoms with Crippen LogP contribution in [0.2, 0.25) is 0 Å². The summed E-state index contributed by atoms with van der Waals surface area (Å²) in [5, 5.41) is 11.3. The van der Waals surface area contributed by atoms with Crippen LogP contribution >= 0.6 is 0 Å². The normalized spacial score (nSPS) is 12.9. The number of hydrogen-bond acceptors (Lipinski definition) is 2. The van der Waals surface area contributed by atoms with Crippen LogP contribution in [-0.2, 0) is 4.79 Å². The van der Waals surface area contributed by atoms with Crippen LogP contribution in [0.5, 0.6) is 0 Å². The van der Waals surface area contributed by atoms with Gasteiger partial charge in [-0.15, -0.1) is 0 Å². The minimum Gasteiger partial charge on any atom is -0.480 e. The molecule has 0 fully saturated rings. The van der Waals surface area contributed by atoms with Crippen molar-refractivity contribution in [2.24, 2.45) is 0 Å². The molecule has 1 atom stereocenters. The lowest BCUT2D eigenvalue weighted by Gasteiger charge is -2.13. The van der Waals surface area contributed by atoms with Gasteiger partial charge in [0, 0.05) is 6.04 Å². The van der Waals surface area contributed by atoms with Crippen molar-refractivity contribution in [2.45, 2.75) is 39.2 Å². The van der Waals surface area contributed by atoms with Crippen molar-refractivity contribution in [3.63, 3.8) is 0 Å². The molecule has 0 aromatic carbocycles. The van der Waals surface area contributed by atoms with E-state index in [1.807, 2.05) is 0 Å². The van der Waals surface area contributed by atoms with Gasteiger partial charge in [-0.2, -0.15) is 0 Å². The highest BCUT2D eigenvalue weighted by Crippen LogP contribution is 1.99. The summed E-state index contributed by atoms with van der Waals surface area (Å²) in [5.41, 5.74) is 0. The molecule has 2 N–H and O–H groups in total. The van der Waals surface area contributed by atoms with Gasteiger partial charge < -0.3 is 10.4 Å². The van der Waals surface area contributed by atoms with E-state index in [2.05, 4.69) is 19.2 Å². The van der Waals surface area contributed by atoms with Crippen molar-refractivity contribution in [3.8, 4) is 0 Å². The number of hydrogen-bond donors (Lipinski definition) is 2. The number of carboxylic acids is 1. The van der Waals surface area contributed by atoms with Gasteiger partial charge in [0.25, 0.3) is 0 Å². The molecule has 0 spiro atoms. The molecule has 0 amide bonds. The third-order valence-corrected chi connectivity index (χ3v) is 1.67. The van der Waals surface area contributed by atoms with Crippen LogP contribution < -0.4 is 5.32 Å². The molecule has 11 heavy (non-hydrogen) atoms. The van der Waals surface area contributed by atoms with Crippen LogP contribution in [0.4, 0.5) is 0 Å². The van der Waals surface area contributed by atoms with Crippen molar-refractivity contribution in [1.29, 1.82) is 0 Å². The molecular weight excluding hydrogens is 142 g/mol. The van der Waals surface area contributed by atoms with E-state index in [4.69, 9.17) is 5.11 Å². The van der Waals surface area contributed by atoms with E-state index in [-0.39, 0.29) is 6.54 Å². The van der Waals surface area contributed by atoms with Gasteiger partial charge in [0.2, 0.25) is 0 Å². The fourth-order valence-corrected chi connectivity index (χ4v) is 1.03. The van der Waals surface area contributed by atoms with E-state index in [0.29, 0.717) is 6.04 Å². The van der Waals surface area contributed by atoms with Crippen molar-refractivity contribution < 1.29 is 9.90 Å². The van der Waals surface area contributed by atoms with Gasteiger partial charge in [-0.3, -0.25) is 4.79 Å². The second-order valence-electron chi connectivity index (χ2n) is 2.67. The zero-order valence-corrected chi connectivity index (χ0v) is 7.26. The molecule has 0 bridgehead atoms. The number of carbonyl (C=O) groups is 1. The van der Waals surface area contributed by atoms with Crippen LogP contribution in [0.3, 0.4) is 0 Å². The highest BCUT2D eigenvalue weighted by Gasteiger charge is 2.04. The Hall–Kier alpha value is -0.570. The molecule has 3 heteroatoms. The summed E-state index contributed by atoms with van der Waals surface area (Å²) >= 11 is 0. The smallest absolute Gasteiger partial charge is 0.317 e. The van der Waals surface area contributed by atoms with Gasteiger partial charge in [0.05, 0.1) is 6.54 Å². The average molecular weight is 159 g/mol. The maximum Gasteiger partial charge on any atom is 0.317 e. The van der Waals surface area contributed by atoms with Gasteiger partial charge in [0.1, 0.15) is 0 Å². The number of carboxylic acid groups (broad SMARTS) is 1. The lowest BCUT2D eigenvalue weighted by molar-refractivity contribution is -0.136. The molecule has 0 aliphatic heterocycles. The highest BCUT2D eigenvalue weighted by atomic mass is 16.4. The van der Waals surface area contributed by atoms with E-state index >= 15 is 0 Å². The lowest BCUT2D eigenvalue weighted by Crippen LogP contribution is -2.32. The fourth-order valence-electron chi connectivity index (χ4n) is 1.03. The van der Waals surface area contributed by atoms with Crippen molar-refractivity contribution >= 4 is 5.97 Å². The molecule has 0 heterocycles. The van der Waals surface area contributed by atoms with Gasteiger partial charge in [-0.05, 0) is 12.8 Å². The average Bonchev–Trinajstić information content (AvgIpc) is 1.97. The topological polar surface area (TPSA) is 49.3 Å². The van der Waals surface area contributed by atoms with Crippen molar-refractivity contribution in [1.82, 2.24) is 5.32 Å². The number of nitrogens with one attached hydrogen (secondary N) is 1. The Morgan fingerprint density at radius 3 is 2.55 bits per heavy atom.